The van der Waals surface area contributed by atoms with Crippen LogP contribution < -0.4 is 5.32 Å². The molecule has 1 saturated heterocycles. The Balaban J connectivity index is 1.31. The topological polar surface area (TPSA) is 82.2 Å². The smallest absolute Gasteiger partial charge is 0.241 e. The molecule has 1 aliphatic heterocycles. The fourth-order valence-electron chi connectivity index (χ4n) is 5.00. The van der Waals surface area contributed by atoms with Gasteiger partial charge in [0.1, 0.15) is 5.82 Å². The Labute approximate surface area is 174 Å². The standard InChI is InChI=1S/C22H25N7O/c1-13(2)29-14(3)25-20-18(29)6-15(9-23-20)17-4-5-28-19(17)10-24-21(27-28)26-16-7-22(8-16)11-30-12-22/h4-6,9-10,13,16H,7-8,11-12H2,1-3H3,(H,26,27). The number of fused-ring (bicyclic) bond motifs is 2. The van der Waals surface area contributed by atoms with Gasteiger partial charge in [0.25, 0.3) is 0 Å². The average molecular weight is 403 g/mol. The third-order valence-corrected chi connectivity index (χ3v) is 6.48. The minimum absolute atomic E-state index is 0.326. The molecule has 1 aliphatic carbocycles. The number of imidazole rings is 1. The quantitative estimate of drug-likeness (QED) is 0.560. The van der Waals surface area contributed by atoms with Crippen LogP contribution in [0.15, 0.2) is 30.7 Å². The first-order chi connectivity index (χ1) is 14.5. The summed E-state index contributed by atoms with van der Waals surface area (Å²) in [5, 5.41) is 8.14. The van der Waals surface area contributed by atoms with Crippen molar-refractivity contribution in [3.05, 3.63) is 36.5 Å². The molecule has 0 radical (unpaired) electrons. The number of nitrogens with zero attached hydrogens (tertiary/aromatic N) is 6. The van der Waals surface area contributed by atoms with Crippen molar-refractivity contribution in [3.63, 3.8) is 0 Å². The predicted molar refractivity (Wildman–Crippen MR) is 115 cm³/mol. The van der Waals surface area contributed by atoms with Crippen molar-refractivity contribution in [2.24, 2.45) is 5.41 Å². The summed E-state index contributed by atoms with van der Waals surface area (Å²) in [6.45, 7) is 8.16. The van der Waals surface area contributed by atoms with Gasteiger partial charge in [0.2, 0.25) is 5.95 Å². The summed E-state index contributed by atoms with van der Waals surface area (Å²) >= 11 is 0. The van der Waals surface area contributed by atoms with Gasteiger partial charge >= 0.3 is 0 Å². The first-order valence-electron chi connectivity index (χ1n) is 10.5. The molecule has 1 N–H and O–H groups in total. The van der Waals surface area contributed by atoms with Gasteiger partial charge in [-0.25, -0.2) is 19.5 Å². The highest BCUT2D eigenvalue weighted by Crippen LogP contribution is 2.47. The summed E-state index contributed by atoms with van der Waals surface area (Å²) in [6, 6.07) is 5.00. The SMILES string of the molecule is Cc1nc2ncc(-c3ccn4nc(NC5CC6(COC6)C5)ncc34)cc2n1C(C)C. The van der Waals surface area contributed by atoms with E-state index in [1.54, 1.807) is 0 Å². The highest BCUT2D eigenvalue weighted by molar-refractivity contribution is 5.85. The van der Waals surface area contributed by atoms with E-state index in [0.29, 0.717) is 23.4 Å². The molecule has 4 aromatic heterocycles. The van der Waals surface area contributed by atoms with Gasteiger partial charge < -0.3 is 14.6 Å². The average Bonchev–Trinajstić information content (AvgIpc) is 3.21. The fraction of sp³-hybridized carbons (Fsp3) is 0.455. The van der Waals surface area contributed by atoms with Crippen LogP contribution in [0.5, 0.6) is 0 Å². The maximum atomic E-state index is 5.36. The molecule has 1 saturated carbocycles. The Morgan fingerprint density at radius 1 is 1.17 bits per heavy atom. The van der Waals surface area contributed by atoms with Crippen LogP contribution in [-0.4, -0.2) is 48.4 Å². The van der Waals surface area contributed by atoms with Crippen molar-refractivity contribution in [2.75, 3.05) is 18.5 Å². The van der Waals surface area contributed by atoms with Crippen molar-refractivity contribution < 1.29 is 4.74 Å². The Bertz CT molecular complexity index is 1260. The molecule has 0 bridgehead atoms. The van der Waals surface area contributed by atoms with Crippen LogP contribution >= 0.6 is 0 Å². The number of ether oxygens (including phenoxy) is 1. The summed E-state index contributed by atoms with van der Waals surface area (Å²) in [5.74, 6) is 1.66. The van der Waals surface area contributed by atoms with Gasteiger partial charge in [-0.3, -0.25) is 0 Å². The van der Waals surface area contributed by atoms with Crippen LogP contribution in [0.3, 0.4) is 0 Å². The molecule has 2 fully saturated rings. The van der Waals surface area contributed by atoms with E-state index >= 15 is 0 Å². The minimum atomic E-state index is 0.326. The van der Waals surface area contributed by atoms with E-state index in [1.165, 1.54) is 0 Å². The third kappa shape index (κ3) is 2.63. The number of hydrogen-bond acceptors (Lipinski definition) is 6. The van der Waals surface area contributed by atoms with Crippen LogP contribution in [0.25, 0.3) is 27.8 Å². The molecule has 0 atom stereocenters. The van der Waals surface area contributed by atoms with Gasteiger partial charge in [0, 0.05) is 41.0 Å². The van der Waals surface area contributed by atoms with E-state index in [-0.39, 0.29) is 0 Å². The summed E-state index contributed by atoms with van der Waals surface area (Å²) in [6.07, 6.45) is 8.03. The van der Waals surface area contributed by atoms with E-state index < -0.39 is 0 Å². The highest BCUT2D eigenvalue weighted by Gasteiger charge is 2.49. The Morgan fingerprint density at radius 2 is 2.00 bits per heavy atom. The molecule has 0 amide bonds. The highest BCUT2D eigenvalue weighted by atomic mass is 16.5. The molecule has 5 heterocycles. The van der Waals surface area contributed by atoms with Gasteiger partial charge in [0.05, 0.1) is 30.4 Å². The molecule has 0 aromatic carbocycles. The number of nitrogens with one attached hydrogen (secondary N) is 1. The Kier molecular flexibility index (Phi) is 3.71. The number of anilines is 1. The molecule has 154 valence electrons. The van der Waals surface area contributed by atoms with Crippen LogP contribution in [0.4, 0.5) is 5.95 Å². The van der Waals surface area contributed by atoms with E-state index in [9.17, 15) is 0 Å². The molecule has 2 aliphatic rings. The number of rotatable bonds is 4. The zero-order valence-electron chi connectivity index (χ0n) is 17.5. The van der Waals surface area contributed by atoms with Gasteiger partial charge in [-0.2, -0.15) is 0 Å². The lowest BCUT2D eigenvalue weighted by Gasteiger charge is -2.53. The maximum Gasteiger partial charge on any atom is 0.241 e. The van der Waals surface area contributed by atoms with Crippen molar-refractivity contribution in [1.82, 2.24) is 29.1 Å². The van der Waals surface area contributed by atoms with Crippen LogP contribution in [0, 0.1) is 12.3 Å². The van der Waals surface area contributed by atoms with Gasteiger partial charge in [0.15, 0.2) is 5.65 Å². The third-order valence-electron chi connectivity index (χ3n) is 6.48. The predicted octanol–water partition coefficient (Wildman–Crippen LogP) is 3.62. The van der Waals surface area contributed by atoms with Gasteiger partial charge in [-0.05, 0) is 45.7 Å². The summed E-state index contributed by atoms with van der Waals surface area (Å²) in [5.41, 5.74) is 5.34. The molecule has 8 nitrogen and oxygen atoms in total. The Hall–Kier alpha value is -3.00. The first kappa shape index (κ1) is 17.8. The van der Waals surface area contributed by atoms with Crippen molar-refractivity contribution >= 4 is 22.6 Å². The van der Waals surface area contributed by atoms with Crippen LogP contribution in [0.2, 0.25) is 0 Å². The Morgan fingerprint density at radius 3 is 2.73 bits per heavy atom. The molecule has 6 rings (SSSR count). The second-order valence-electron chi connectivity index (χ2n) is 9.07. The summed E-state index contributed by atoms with van der Waals surface area (Å²) < 4.78 is 9.47. The summed E-state index contributed by atoms with van der Waals surface area (Å²) in [4.78, 5) is 13.8. The number of hydrogen-bond donors (Lipinski definition) is 1. The number of aromatic nitrogens is 6. The molecule has 1 spiro atoms. The zero-order valence-corrected chi connectivity index (χ0v) is 17.5. The van der Waals surface area contributed by atoms with Crippen molar-refractivity contribution in [2.45, 2.75) is 45.7 Å². The van der Waals surface area contributed by atoms with Crippen molar-refractivity contribution in [3.8, 4) is 11.1 Å². The van der Waals surface area contributed by atoms with E-state index in [4.69, 9.17) is 4.74 Å². The molecule has 4 aromatic rings. The largest absolute Gasteiger partial charge is 0.380 e. The molecular formula is C22H25N7O. The second kappa shape index (κ2) is 6.25. The van der Waals surface area contributed by atoms with Crippen LogP contribution in [-0.2, 0) is 4.74 Å². The molecular weight excluding hydrogens is 378 g/mol. The number of pyridine rings is 1. The summed E-state index contributed by atoms with van der Waals surface area (Å²) in [7, 11) is 0. The lowest BCUT2D eigenvalue weighted by Crippen LogP contribution is -2.56. The van der Waals surface area contributed by atoms with Crippen LogP contribution in [0.1, 0.15) is 38.6 Å². The maximum absolute atomic E-state index is 5.36. The van der Waals surface area contributed by atoms with Gasteiger partial charge in [-0.15, -0.1) is 5.10 Å². The molecule has 30 heavy (non-hydrogen) atoms. The lowest BCUT2D eigenvalue weighted by molar-refractivity contribution is -0.160. The second-order valence-corrected chi connectivity index (χ2v) is 9.07. The molecule has 0 unspecified atom stereocenters. The lowest BCUT2D eigenvalue weighted by atomic mass is 9.64. The first-order valence-corrected chi connectivity index (χ1v) is 10.5. The minimum Gasteiger partial charge on any atom is -0.380 e. The monoisotopic (exact) mass is 403 g/mol. The number of aryl methyl sites for hydroxylation is 1. The fourth-order valence-corrected chi connectivity index (χ4v) is 5.00. The van der Waals surface area contributed by atoms with Gasteiger partial charge in [-0.1, -0.05) is 0 Å². The van der Waals surface area contributed by atoms with E-state index in [1.807, 2.05) is 30.0 Å². The molecule has 8 heteroatoms. The van der Waals surface area contributed by atoms with E-state index in [0.717, 1.165) is 59.7 Å². The zero-order chi connectivity index (χ0) is 20.5. The van der Waals surface area contributed by atoms with E-state index in [2.05, 4.69) is 55.9 Å². The van der Waals surface area contributed by atoms with Crippen molar-refractivity contribution in [1.29, 1.82) is 0 Å². The normalized spacial score (nSPS) is 18.3.